The molecule has 0 amide bonds. The van der Waals surface area contributed by atoms with Crippen LogP contribution in [0.2, 0.25) is 0 Å². The van der Waals surface area contributed by atoms with Crippen LogP contribution in [0, 0.1) is 6.08 Å². The summed E-state index contributed by atoms with van der Waals surface area (Å²) in [5.74, 6) is 0. The average molecular weight is 240 g/mol. The largest absolute Gasteiger partial charge is 0.502 e. The Hall–Kier alpha value is 1.49. The van der Waals surface area contributed by atoms with Crippen molar-refractivity contribution in [3.8, 4) is 0 Å². The minimum Gasteiger partial charge on any atom is -0.502 e. The van der Waals surface area contributed by atoms with Crippen molar-refractivity contribution in [2.75, 3.05) is 0 Å². The first-order valence-corrected chi connectivity index (χ1v) is 1.05. The minimum absolute atomic E-state index is 0. The molecule has 0 spiro atoms. The van der Waals surface area contributed by atoms with E-state index in [1.165, 1.54) is 0 Å². The van der Waals surface area contributed by atoms with Crippen molar-refractivity contribution in [1.29, 1.82) is 0 Å². The quantitative estimate of drug-likeness (QED) is 0.568. The third-order valence-corrected chi connectivity index (χ3v) is 0.204. The molecule has 0 atom stereocenters. The minimum atomic E-state index is 0. The first-order valence-electron chi connectivity index (χ1n) is 1.05. The predicted octanol–water partition coefficient (Wildman–Crippen LogP) is 2.01. The molecular weight excluding hydrogens is 234 g/mol. The van der Waals surface area contributed by atoms with Gasteiger partial charge in [-0.3, -0.25) is 6.08 Å². The van der Waals surface area contributed by atoms with Crippen molar-refractivity contribution in [2.45, 2.75) is 6.42 Å². The summed E-state index contributed by atoms with van der Waals surface area (Å²) in [5.41, 5.74) is 0. The van der Waals surface area contributed by atoms with Crippen molar-refractivity contribution < 1.29 is 26.2 Å². The zero-order chi connectivity index (χ0) is 2.12. The molecule has 0 saturated heterocycles. The standard InChI is InChI=1S/C3H3.3ClH.Zr/c1-2-3-1;;;;/h1H,2H2;3*1H;/q-1;;;;. The van der Waals surface area contributed by atoms with Gasteiger partial charge in [-0.1, -0.05) is 0 Å². The van der Waals surface area contributed by atoms with Gasteiger partial charge in [0, 0.05) is 26.2 Å². The third-order valence-electron chi connectivity index (χ3n) is 0.204. The first-order chi connectivity index (χ1) is 1.50. The fourth-order valence-corrected chi connectivity index (χ4v) is 0. The van der Waals surface area contributed by atoms with Gasteiger partial charge in [0.1, 0.15) is 0 Å². The molecule has 0 aromatic carbocycles. The fraction of sp³-hybridized carbons (Fsp3) is 0.333. The van der Waals surface area contributed by atoms with Crippen LogP contribution in [0.1, 0.15) is 6.42 Å². The second-order valence-electron chi connectivity index (χ2n) is 0.612. The summed E-state index contributed by atoms with van der Waals surface area (Å²) >= 11 is 0. The van der Waals surface area contributed by atoms with Crippen molar-refractivity contribution in [3.63, 3.8) is 0 Å². The van der Waals surface area contributed by atoms with E-state index in [-0.39, 0.29) is 63.4 Å². The molecule has 0 aliphatic heterocycles. The normalized spacial score (nSPS) is 8.00. The molecule has 0 N–H and O–H groups in total. The number of hydrogen-bond donors (Lipinski definition) is 0. The summed E-state index contributed by atoms with van der Waals surface area (Å²) in [6, 6.07) is 0. The summed E-state index contributed by atoms with van der Waals surface area (Å²) in [7, 11) is 0. The van der Waals surface area contributed by atoms with Crippen LogP contribution in [0.3, 0.4) is 0 Å². The second-order valence-corrected chi connectivity index (χ2v) is 0.612. The predicted molar refractivity (Wildman–Crippen MR) is 34.2 cm³/mol. The Bertz CT molecular complexity index is 33.2. The Balaban J connectivity index is -0.0000000112. The number of allylic oxidation sites excluding steroid dienone is 2. The van der Waals surface area contributed by atoms with Crippen molar-refractivity contribution in [3.05, 3.63) is 12.2 Å². The fourth-order valence-electron chi connectivity index (χ4n) is 0. The molecule has 0 radical (unpaired) electrons. The first kappa shape index (κ1) is 23.6. The summed E-state index contributed by atoms with van der Waals surface area (Å²) < 4.78 is 0. The van der Waals surface area contributed by atoms with Gasteiger partial charge in [0.05, 0.1) is 0 Å². The summed E-state index contributed by atoms with van der Waals surface area (Å²) in [6.07, 6.45) is 6.00. The van der Waals surface area contributed by atoms with Gasteiger partial charge in [-0.05, 0) is 0 Å². The van der Waals surface area contributed by atoms with Crippen LogP contribution < -0.4 is 0 Å². The van der Waals surface area contributed by atoms with E-state index in [9.17, 15) is 0 Å². The molecule has 1 rings (SSSR count). The Morgan fingerprint density at radius 1 is 1.14 bits per heavy atom. The Morgan fingerprint density at radius 3 is 1.29 bits per heavy atom. The molecule has 0 saturated carbocycles. The van der Waals surface area contributed by atoms with E-state index < -0.39 is 0 Å². The molecule has 44 valence electrons. The molecule has 0 fully saturated rings. The monoisotopic (exact) mass is 237 g/mol. The molecule has 0 heterocycles. The van der Waals surface area contributed by atoms with E-state index >= 15 is 0 Å². The summed E-state index contributed by atoms with van der Waals surface area (Å²) in [5, 5.41) is 0. The second kappa shape index (κ2) is 15.6. The smallest absolute Gasteiger partial charge is 0 e. The van der Waals surface area contributed by atoms with Crippen LogP contribution in [0.25, 0.3) is 0 Å². The Kier molecular flexibility index (Phi) is 52.8. The van der Waals surface area contributed by atoms with Gasteiger partial charge in [-0.15, -0.1) is 37.2 Å². The van der Waals surface area contributed by atoms with E-state index in [0.717, 1.165) is 6.42 Å². The van der Waals surface area contributed by atoms with Gasteiger partial charge in [-0.2, -0.15) is 0 Å². The molecular formula is C3H6Cl3Zr-. The SMILES string of the molecule is Cl.Cl.Cl.[C-]1=CC1.[Zr]. The number of rotatable bonds is 0. The molecule has 0 nitrogen and oxygen atoms in total. The molecule has 1 aliphatic rings. The van der Waals surface area contributed by atoms with Crippen LogP contribution in [0.4, 0.5) is 0 Å². The van der Waals surface area contributed by atoms with Crippen molar-refractivity contribution in [2.24, 2.45) is 0 Å². The van der Waals surface area contributed by atoms with Crippen LogP contribution in [0.15, 0.2) is 6.08 Å². The summed E-state index contributed by atoms with van der Waals surface area (Å²) in [6.45, 7) is 0. The number of halogens is 3. The molecule has 0 bridgehead atoms. The zero-order valence-electron chi connectivity index (χ0n) is 3.51. The molecule has 7 heavy (non-hydrogen) atoms. The van der Waals surface area contributed by atoms with Gasteiger partial charge in [0.25, 0.3) is 0 Å². The van der Waals surface area contributed by atoms with E-state index in [2.05, 4.69) is 6.08 Å². The van der Waals surface area contributed by atoms with Crippen LogP contribution in [-0.4, -0.2) is 0 Å². The van der Waals surface area contributed by atoms with E-state index in [1.54, 1.807) is 0 Å². The molecule has 0 unspecified atom stereocenters. The molecule has 0 aromatic rings. The van der Waals surface area contributed by atoms with Gasteiger partial charge in [0.15, 0.2) is 0 Å². The van der Waals surface area contributed by atoms with E-state index in [1.807, 2.05) is 6.08 Å². The topological polar surface area (TPSA) is 0 Å². The maximum absolute atomic E-state index is 2.88. The van der Waals surface area contributed by atoms with E-state index in [0.29, 0.717) is 0 Å². The maximum Gasteiger partial charge on any atom is 0 e. The van der Waals surface area contributed by atoms with Crippen molar-refractivity contribution >= 4 is 37.2 Å². The van der Waals surface area contributed by atoms with Crippen molar-refractivity contribution in [1.82, 2.24) is 0 Å². The molecule has 0 aromatic heterocycles. The van der Waals surface area contributed by atoms with Gasteiger partial charge < -0.3 is 6.08 Å². The molecule has 4 heteroatoms. The van der Waals surface area contributed by atoms with Gasteiger partial charge in [-0.25, -0.2) is 6.42 Å². The van der Waals surface area contributed by atoms with E-state index in [4.69, 9.17) is 0 Å². The third kappa shape index (κ3) is 36.4. The summed E-state index contributed by atoms with van der Waals surface area (Å²) in [4.78, 5) is 0. The van der Waals surface area contributed by atoms with Crippen LogP contribution in [-0.2, 0) is 26.2 Å². The van der Waals surface area contributed by atoms with Gasteiger partial charge >= 0.3 is 0 Å². The maximum atomic E-state index is 2.88. The van der Waals surface area contributed by atoms with Crippen LogP contribution >= 0.6 is 37.2 Å². The average Bonchev–Trinajstić information content (AvgIpc) is 1.46. The Labute approximate surface area is 81.5 Å². The molecule has 1 aliphatic carbocycles. The van der Waals surface area contributed by atoms with Crippen LogP contribution in [0.5, 0.6) is 0 Å². The number of hydrogen-bond acceptors (Lipinski definition) is 0. The van der Waals surface area contributed by atoms with Gasteiger partial charge in [0.2, 0.25) is 0 Å². The Morgan fingerprint density at radius 2 is 1.29 bits per heavy atom. The zero-order valence-corrected chi connectivity index (χ0v) is 8.42.